The normalized spacial score (nSPS) is 6.14. The first-order valence-corrected chi connectivity index (χ1v) is 2.10. The molecule has 0 radical (unpaired) electrons. The zero-order chi connectivity index (χ0) is 6.28. The van der Waals surface area contributed by atoms with Crippen LogP contribution in [0.2, 0.25) is 0 Å². The number of hydrogen-bond donors (Lipinski definition) is 2. The van der Waals surface area contributed by atoms with Crippen molar-refractivity contribution in [3.05, 3.63) is 0 Å². The van der Waals surface area contributed by atoms with Crippen LogP contribution < -0.4 is 0 Å². The molecule has 0 aliphatic carbocycles. The largest absolute Gasteiger partial charge is 0.480 e. The third kappa shape index (κ3) is 31.2. The lowest BCUT2D eigenvalue weighted by molar-refractivity contribution is -0.140. The molecule has 0 aromatic carbocycles. The summed E-state index contributed by atoms with van der Waals surface area (Å²) in [6.45, 7) is 3.22. The van der Waals surface area contributed by atoms with Gasteiger partial charge in [-0.1, -0.05) is 13.8 Å². The molecule has 0 atom stereocenters. The molecule has 3 nitrogen and oxygen atoms in total. The van der Waals surface area contributed by atoms with Crippen molar-refractivity contribution in [1.29, 1.82) is 0 Å². The Hall–Kier alpha value is -0.570. The lowest BCUT2D eigenvalue weighted by Gasteiger charge is -1.72. The first kappa shape index (κ1) is 9.66. The summed E-state index contributed by atoms with van der Waals surface area (Å²) in [4.78, 5) is 9.12. The predicted molar refractivity (Wildman–Crippen MR) is 26.1 cm³/mol. The third-order valence-corrected chi connectivity index (χ3v) is 0.135. The second kappa shape index (κ2) is 9.06. The Morgan fingerprint density at radius 3 is 1.71 bits per heavy atom. The first-order chi connectivity index (χ1) is 3.27. The molecule has 0 aliphatic rings. The minimum atomic E-state index is -1.19. The number of aliphatic carboxylic acids is 1. The minimum Gasteiger partial charge on any atom is -0.480 e. The van der Waals surface area contributed by atoms with Crippen LogP contribution >= 0.6 is 0 Å². The highest BCUT2D eigenvalue weighted by molar-refractivity contribution is 5.67. The Bertz CT molecular complexity index is 42.2. The van der Waals surface area contributed by atoms with Crippen LogP contribution in [0.5, 0.6) is 0 Å². The van der Waals surface area contributed by atoms with E-state index in [1.165, 1.54) is 0 Å². The van der Waals surface area contributed by atoms with Gasteiger partial charge in [-0.15, -0.1) is 0 Å². The third-order valence-electron chi connectivity index (χ3n) is 0.135. The second-order valence-electron chi connectivity index (χ2n) is 0.552. The Morgan fingerprint density at radius 1 is 1.57 bits per heavy atom. The molecule has 0 saturated heterocycles. The highest BCUT2D eigenvalue weighted by Crippen LogP contribution is 1.48. The highest BCUT2D eigenvalue weighted by Gasteiger charge is 1.82. The number of rotatable bonds is 1. The average molecular weight is 106 g/mol. The maximum atomic E-state index is 9.12. The molecule has 0 rings (SSSR count). The summed E-state index contributed by atoms with van der Waals surface area (Å²) in [7, 11) is 0. The van der Waals surface area contributed by atoms with E-state index in [4.69, 9.17) is 15.0 Å². The predicted octanol–water partition coefficient (Wildman–Crippen LogP) is 0.0895. The summed E-state index contributed by atoms with van der Waals surface area (Å²) in [5.74, 6) is -1.19. The summed E-state index contributed by atoms with van der Waals surface area (Å²) in [6, 6.07) is 0. The minimum absolute atomic E-state index is 0.778. The van der Waals surface area contributed by atoms with Crippen LogP contribution in [0.25, 0.3) is 0 Å². The van der Waals surface area contributed by atoms with Gasteiger partial charge in [0.25, 0.3) is 0 Å². The van der Waals surface area contributed by atoms with Crippen molar-refractivity contribution in [3.8, 4) is 0 Å². The summed E-state index contributed by atoms with van der Waals surface area (Å²) < 4.78 is 0. The molecule has 0 saturated carbocycles. The van der Waals surface area contributed by atoms with Gasteiger partial charge in [0, 0.05) is 0 Å². The van der Waals surface area contributed by atoms with E-state index in [9.17, 15) is 0 Å². The Balaban J connectivity index is 0. The van der Waals surface area contributed by atoms with Gasteiger partial charge in [0.15, 0.2) is 0 Å². The summed E-state index contributed by atoms with van der Waals surface area (Å²) in [6.07, 6.45) is 0. The molecular formula is C4H10O3. The molecule has 0 spiro atoms. The van der Waals surface area contributed by atoms with Gasteiger partial charge in [-0.2, -0.15) is 0 Å². The zero-order valence-corrected chi connectivity index (χ0v) is 4.51. The van der Waals surface area contributed by atoms with E-state index in [0.717, 1.165) is 0 Å². The average Bonchev–Trinajstić information content (AvgIpc) is 1.73. The van der Waals surface area contributed by atoms with Crippen LogP contribution in [0.3, 0.4) is 0 Å². The highest BCUT2D eigenvalue weighted by atomic mass is 16.4. The van der Waals surface area contributed by atoms with Crippen molar-refractivity contribution >= 4 is 5.97 Å². The standard InChI is InChI=1S/C2H4O3.C2H6/c3-1-2(4)5;1-2/h3H,1H2,(H,4,5);1-2H3. The van der Waals surface area contributed by atoms with E-state index in [0.29, 0.717) is 0 Å². The number of carboxylic acid groups (broad SMARTS) is 1. The van der Waals surface area contributed by atoms with Crippen LogP contribution in [-0.2, 0) is 4.79 Å². The van der Waals surface area contributed by atoms with Gasteiger partial charge in [0.1, 0.15) is 6.61 Å². The SMILES string of the molecule is CC.O=C(O)CO. The van der Waals surface area contributed by atoms with Gasteiger partial charge < -0.3 is 10.2 Å². The van der Waals surface area contributed by atoms with Crippen LogP contribution in [0.1, 0.15) is 13.8 Å². The maximum absolute atomic E-state index is 9.12. The van der Waals surface area contributed by atoms with Gasteiger partial charge >= 0.3 is 5.97 Å². The van der Waals surface area contributed by atoms with Gasteiger partial charge in [-0.25, -0.2) is 4.79 Å². The smallest absolute Gasteiger partial charge is 0.329 e. The summed E-state index contributed by atoms with van der Waals surface area (Å²) >= 11 is 0. The first-order valence-electron chi connectivity index (χ1n) is 2.10. The van der Waals surface area contributed by atoms with Crippen molar-refractivity contribution in [2.24, 2.45) is 0 Å². The van der Waals surface area contributed by atoms with Crippen molar-refractivity contribution in [2.75, 3.05) is 6.61 Å². The lowest BCUT2D eigenvalue weighted by atomic mass is 10.8. The van der Waals surface area contributed by atoms with E-state index < -0.39 is 12.6 Å². The Kier molecular flexibility index (Phi) is 12.5. The van der Waals surface area contributed by atoms with Crippen LogP contribution in [0, 0.1) is 0 Å². The van der Waals surface area contributed by atoms with Crippen LogP contribution in [0.15, 0.2) is 0 Å². The molecule has 0 aromatic rings. The molecule has 0 aliphatic heterocycles. The maximum Gasteiger partial charge on any atom is 0.329 e. The summed E-state index contributed by atoms with van der Waals surface area (Å²) in [5.41, 5.74) is 0. The zero-order valence-electron chi connectivity index (χ0n) is 4.51. The monoisotopic (exact) mass is 106 g/mol. The number of carboxylic acids is 1. The fourth-order valence-electron chi connectivity index (χ4n) is 0. The quantitative estimate of drug-likeness (QED) is 0.498. The number of carbonyl (C=O) groups is 1. The summed E-state index contributed by atoms with van der Waals surface area (Å²) in [5, 5.41) is 15.0. The fourth-order valence-corrected chi connectivity index (χ4v) is 0. The second-order valence-corrected chi connectivity index (χ2v) is 0.552. The van der Waals surface area contributed by atoms with Gasteiger partial charge in [-0.05, 0) is 0 Å². The molecule has 0 amide bonds. The fraction of sp³-hybridized carbons (Fsp3) is 0.750. The molecule has 0 fully saturated rings. The molecule has 2 N–H and O–H groups in total. The van der Waals surface area contributed by atoms with Gasteiger partial charge in [0.05, 0.1) is 0 Å². The van der Waals surface area contributed by atoms with Crippen LogP contribution in [0.4, 0.5) is 0 Å². The molecule has 3 heteroatoms. The van der Waals surface area contributed by atoms with E-state index in [2.05, 4.69) is 0 Å². The molecule has 0 bridgehead atoms. The number of hydrogen-bond acceptors (Lipinski definition) is 2. The molecule has 0 aromatic heterocycles. The van der Waals surface area contributed by atoms with E-state index in [1.807, 2.05) is 13.8 Å². The van der Waals surface area contributed by atoms with E-state index >= 15 is 0 Å². The van der Waals surface area contributed by atoms with Gasteiger partial charge in [0.2, 0.25) is 0 Å². The number of aliphatic hydroxyl groups is 1. The number of aliphatic hydroxyl groups excluding tert-OH is 1. The molecule has 0 heterocycles. The van der Waals surface area contributed by atoms with Crippen molar-refractivity contribution in [1.82, 2.24) is 0 Å². The molecule has 0 unspecified atom stereocenters. The van der Waals surface area contributed by atoms with Crippen LogP contribution in [-0.4, -0.2) is 22.8 Å². The van der Waals surface area contributed by atoms with E-state index in [1.54, 1.807) is 0 Å². The molecule has 44 valence electrons. The molecular weight excluding hydrogens is 96.0 g/mol. The topological polar surface area (TPSA) is 57.5 Å². The molecule has 7 heavy (non-hydrogen) atoms. The lowest BCUT2D eigenvalue weighted by Crippen LogP contribution is -1.98. The van der Waals surface area contributed by atoms with Gasteiger partial charge in [-0.3, -0.25) is 0 Å². The van der Waals surface area contributed by atoms with Crippen molar-refractivity contribution in [3.63, 3.8) is 0 Å². The van der Waals surface area contributed by atoms with Crippen molar-refractivity contribution in [2.45, 2.75) is 13.8 Å². The van der Waals surface area contributed by atoms with E-state index in [-0.39, 0.29) is 0 Å². The Labute approximate surface area is 42.6 Å². The Morgan fingerprint density at radius 2 is 1.71 bits per heavy atom. The van der Waals surface area contributed by atoms with Crippen molar-refractivity contribution < 1.29 is 15.0 Å².